The van der Waals surface area contributed by atoms with Crippen LogP contribution in [0.2, 0.25) is 0 Å². The first-order chi connectivity index (χ1) is 8.27. The van der Waals surface area contributed by atoms with Crippen molar-refractivity contribution in [3.05, 3.63) is 0 Å². The maximum absolute atomic E-state index is 11.8. The van der Waals surface area contributed by atoms with E-state index in [1.54, 1.807) is 0 Å². The molecule has 0 amide bonds. The molecule has 0 spiro atoms. The molecule has 0 saturated heterocycles. The van der Waals surface area contributed by atoms with Crippen LogP contribution in [-0.4, -0.2) is 19.0 Å². The van der Waals surface area contributed by atoms with E-state index < -0.39 is 0 Å². The van der Waals surface area contributed by atoms with Gasteiger partial charge in [-0.3, -0.25) is 4.79 Å². The Morgan fingerprint density at radius 3 is 2.71 bits per heavy atom. The molecule has 0 heterocycles. The summed E-state index contributed by atoms with van der Waals surface area (Å²) in [7, 11) is 0. The number of hydrogen-bond donors (Lipinski definition) is 0. The van der Waals surface area contributed by atoms with Crippen LogP contribution >= 0.6 is 0 Å². The zero-order valence-corrected chi connectivity index (χ0v) is 11.5. The highest BCUT2D eigenvalue weighted by atomic mass is 16.5. The molecule has 0 aromatic rings. The third-order valence-corrected chi connectivity index (χ3v) is 3.82. The molecule has 2 unspecified atom stereocenters. The minimum atomic E-state index is 0.293. The van der Waals surface area contributed by atoms with Crippen molar-refractivity contribution < 1.29 is 9.53 Å². The van der Waals surface area contributed by atoms with E-state index in [1.165, 1.54) is 19.3 Å². The van der Waals surface area contributed by atoms with Crippen molar-refractivity contribution in [3.8, 4) is 0 Å². The van der Waals surface area contributed by atoms with Crippen molar-refractivity contribution in [2.45, 2.75) is 65.2 Å². The molecule has 0 aromatic heterocycles. The normalized spacial score (nSPS) is 25.2. The number of ether oxygens (including phenoxy) is 1. The van der Waals surface area contributed by atoms with Crippen molar-refractivity contribution in [1.82, 2.24) is 0 Å². The average molecular weight is 240 g/mol. The minimum absolute atomic E-state index is 0.293. The van der Waals surface area contributed by atoms with Gasteiger partial charge in [0.2, 0.25) is 0 Å². The summed E-state index contributed by atoms with van der Waals surface area (Å²) in [6.45, 7) is 6.04. The molecule has 0 bridgehead atoms. The lowest BCUT2D eigenvalue weighted by molar-refractivity contribution is -0.126. The highest BCUT2D eigenvalue weighted by molar-refractivity contribution is 5.81. The zero-order valence-electron chi connectivity index (χ0n) is 11.5. The minimum Gasteiger partial charge on any atom is -0.381 e. The summed E-state index contributed by atoms with van der Waals surface area (Å²) in [6, 6.07) is 0. The van der Waals surface area contributed by atoms with Gasteiger partial charge in [0.05, 0.1) is 0 Å². The van der Waals surface area contributed by atoms with Crippen molar-refractivity contribution in [2.75, 3.05) is 13.2 Å². The second-order valence-corrected chi connectivity index (χ2v) is 5.35. The van der Waals surface area contributed by atoms with E-state index in [0.29, 0.717) is 11.7 Å². The lowest BCUT2D eigenvalue weighted by Gasteiger charge is -2.27. The molecule has 2 heteroatoms. The van der Waals surface area contributed by atoms with E-state index in [2.05, 4.69) is 13.8 Å². The Labute approximate surface area is 106 Å². The van der Waals surface area contributed by atoms with Gasteiger partial charge in [-0.1, -0.05) is 33.1 Å². The Morgan fingerprint density at radius 2 is 2.00 bits per heavy atom. The number of ketones is 1. The molecule has 1 saturated carbocycles. The molecule has 0 radical (unpaired) electrons. The third-order valence-electron chi connectivity index (χ3n) is 3.82. The molecule has 1 aliphatic carbocycles. The van der Waals surface area contributed by atoms with Gasteiger partial charge < -0.3 is 4.74 Å². The second kappa shape index (κ2) is 8.68. The number of hydrogen-bond acceptors (Lipinski definition) is 2. The summed E-state index contributed by atoms with van der Waals surface area (Å²) in [5.41, 5.74) is 0. The van der Waals surface area contributed by atoms with Crippen LogP contribution in [0.3, 0.4) is 0 Å². The van der Waals surface area contributed by atoms with Gasteiger partial charge in [0, 0.05) is 25.6 Å². The van der Waals surface area contributed by atoms with E-state index >= 15 is 0 Å². The Hall–Kier alpha value is -0.370. The van der Waals surface area contributed by atoms with Crippen molar-refractivity contribution >= 4 is 5.78 Å². The zero-order chi connectivity index (χ0) is 12.5. The van der Waals surface area contributed by atoms with Crippen LogP contribution in [0.15, 0.2) is 0 Å². The molecule has 0 aromatic carbocycles. The molecule has 1 rings (SSSR count). The Bertz CT molecular complexity index is 213. The Balaban J connectivity index is 2.18. The Kier molecular flexibility index (Phi) is 7.50. The molecule has 0 aliphatic heterocycles. The molecule has 1 aliphatic rings. The second-order valence-electron chi connectivity index (χ2n) is 5.35. The average Bonchev–Trinajstić information content (AvgIpc) is 2.33. The maximum atomic E-state index is 11.8. The maximum Gasteiger partial charge on any atom is 0.136 e. The van der Waals surface area contributed by atoms with Crippen LogP contribution in [0, 0.1) is 11.8 Å². The quantitative estimate of drug-likeness (QED) is 0.600. The predicted octanol–water partition coefficient (Wildman–Crippen LogP) is 3.98. The number of Topliss-reactive ketones (excluding diaryl/α,β-unsaturated/α-hetero) is 1. The topological polar surface area (TPSA) is 26.3 Å². The number of rotatable bonds is 8. The highest BCUT2D eigenvalue weighted by Gasteiger charge is 2.27. The fourth-order valence-corrected chi connectivity index (χ4v) is 2.73. The molecular formula is C15H28O2. The van der Waals surface area contributed by atoms with Gasteiger partial charge in [-0.25, -0.2) is 0 Å². The van der Waals surface area contributed by atoms with Crippen molar-refractivity contribution in [2.24, 2.45) is 11.8 Å². The van der Waals surface area contributed by atoms with Gasteiger partial charge in [-0.2, -0.15) is 0 Å². The molecule has 17 heavy (non-hydrogen) atoms. The Morgan fingerprint density at radius 1 is 1.18 bits per heavy atom. The summed E-state index contributed by atoms with van der Waals surface area (Å²) in [4.78, 5) is 11.8. The van der Waals surface area contributed by atoms with Gasteiger partial charge in [0.15, 0.2) is 0 Å². The first-order valence-electron chi connectivity index (χ1n) is 7.38. The first-order valence-corrected chi connectivity index (χ1v) is 7.38. The number of carbonyl (C=O) groups excluding carboxylic acids is 1. The third kappa shape index (κ3) is 5.67. The van der Waals surface area contributed by atoms with E-state index in [0.717, 1.165) is 51.2 Å². The summed E-state index contributed by atoms with van der Waals surface area (Å²) in [5, 5.41) is 0. The number of unbranched alkanes of at least 4 members (excludes halogenated alkanes) is 1. The summed E-state index contributed by atoms with van der Waals surface area (Å²) in [6.07, 6.45) is 8.85. The van der Waals surface area contributed by atoms with Crippen LogP contribution < -0.4 is 0 Å². The van der Waals surface area contributed by atoms with Gasteiger partial charge in [-0.05, 0) is 31.6 Å². The SMILES string of the molecule is CCCCOCCC1CC(CCC)CCC1=O. The van der Waals surface area contributed by atoms with Crippen LogP contribution in [0.4, 0.5) is 0 Å². The number of carbonyl (C=O) groups is 1. The fraction of sp³-hybridized carbons (Fsp3) is 0.933. The van der Waals surface area contributed by atoms with E-state index in [-0.39, 0.29) is 0 Å². The van der Waals surface area contributed by atoms with Crippen LogP contribution in [0.1, 0.15) is 65.2 Å². The molecule has 2 nitrogen and oxygen atoms in total. The monoisotopic (exact) mass is 240 g/mol. The predicted molar refractivity (Wildman–Crippen MR) is 71.1 cm³/mol. The molecule has 1 fully saturated rings. The molecule has 2 atom stereocenters. The van der Waals surface area contributed by atoms with Gasteiger partial charge >= 0.3 is 0 Å². The van der Waals surface area contributed by atoms with E-state index in [4.69, 9.17) is 4.74 Å². The summed E-state index contributed by atoms with van der Waals surface area (Å²) < 4.78 is 5.57. The largest absolute Gasteiger partial charge is 0.381 e. The van der Waals surface area contributed by atoms with Gasteiger partial charge in [0.1, 0.15) is 5.78 Å². The lowest BCUT2D eigenvalue weighted by atomic mass is 9.77. The summed E-state index contributed by atoms with van der Waals surface area (Å²) >= 11 is 0. The highest BCUT2D eigenvalue weighted by Crippen LogP contribution is 2.31. The molecule has 0 N–H and O–H groups in total. The van der Waals surface area contributed by atoms with Gasteiger partial charge in [-0.15, -0.1) is 0 Å². The van der Waals surface area contributed by atoms with Crippen LogP contribution in [-0.2, 0) is 9.53 Å². The van der Waals surface area contributed by atoms with E-state index in [1.807, 2.05) is 0 Å². The molecule has 100 valence electrons. The van der Waals surface area contributed by atoms with Crippen molar-refractivity contribution in [1.29, 1.82) is 0 Å². The van der Waals surface area contributed by atoms with Crippen molar-refractivity contribution in [3.63, 3.8) is 0 Å². The van der Waals surface area contributed by atoms with Crippen LogP contribution in [0.25, 0.3) is 0 Å². The first kappa shape index (κ1) is 14.7. The standard InChI is InChI=1S/C15H28O2/c1-3-5-10-17-11-9-14-12-13(6-4-2)7-8-15(14)16/h13-14H,3-12H2,1-2H3. The molecular weight excluding hydrogens is 212 g/mol. The lowest BCUT2D eigenvalue weighted by Crippen LogP contribution is -2.26. The van der Waals surface area contributed by atoms with Crippen LogP contribution in [0.5, 0.6) is 0 Å². The van der Waals surface area contributed by atoms with E-state index in [9.17, 15) is 4.79 Å². The smallest absolute Gasteiger partial charge is 0.136 e. The van der Waals surface area contributed by atoms with Gasteiger partial charge in [0.25, 0.3) is 0 Å². The fourth-order valence-electron chi connectivity index (χ4n) is 2.73. The summed E-state index contributed by atoms with van der Waals surface area (Å²) in [5.74, 6) is 1.57.